The number of rotatable bonds is 3. The smallest absolute Gasteiger partial charge is 0.0716 e. The first-order valence-corrected chi connectivity index (χ1v) is 7.88. The topological polar surface area (TPSA) is 34.2 Å². The maximum absolute atomic E-state index is 6.17. The molecule has 2 heterocycles. The van der Waals surface area contributed by atoms with E-state index >= 15 is 0 Å². The molecule has 1 aromatic heterocycles. The molecule has 1 saturated heterocycles. The molecule has 2 aromatic rings. The maximum Gasteiger partial charge on any atom is 0.0716 e. The van der Waals surface area contributed by atoms with Gasteiger partial charge in [-0.15, -0.1) is 0 Å². The number of nitrogen functional groups attached to an aromatic ring is 1. The Morgan fingerprint density at radius 3 is 2.55 bits per heavy atom. The predicted molar refractivity (Wildman–Crippen MR) is 85.8 cm³/mol. The monoisotopic (exact) mass is 271 g/mol. The van der Waals surface area contributed by atoms with Crippen molar-refractivity contribution in [2.45, 2.75) is 45.7 Å². The zero-order valence-corrected chi connectivity index (χ0v) is 12.4. The number of aromatic nitrogens is 1. The third-order valence-corrected chi connectivity index (χ3v) is 4.44. The molecule has 3 rings (SSSR count). The zero-order chi connectivity index (χ0) is 13.9. The van der Waals surface area contributed by atoms with Gasteiger partial charge in [0.05, 0.1) is 11.2 Å². The number of nitrogens with zero attached hydrogens (tertiary/aromatic N) is 2. The standard InChI is InChI=1S/C17H25N3/c1-2-20-15(13-19-10-5-3-4-6-11-19)12-14-8-7-9-16(18)17(14)20/h7-9,12H,2-6,10-11,13,18H2,1H3. The molecule has 3 heteroatoms. The maximum atomic E-state index is 6.17. The van der Waals surface area contributed by atoms with Crippen molar-refractivity contribution in [3.8, 4) is 0 Å². The fraction of sp³-hybridized carbons (Fsp3) is 0.529. The number of likely N-dealkylation sites (tertiary alicyclic amines) is 1. The van der Waals surface area contributed by atoms with Crippen molar-refractivity contribution in [3.63, 3.8) is 0 Å². The van der Waals surface area contributed by atoms with E-state index in [4.69, 9.17) is 5.73 Å². The lowest BCUT2D eigenvalue weighted by Gasteiger charge is -2.20. The Bertz CT molecular complexity index is 577. The molecule has 0 amide bonds. The fourth-order valence-electron chi connectivity index (χ4n) is 3.42. The minimum atomic E-state index is 0.895. The van der Waals surface area contributed by atoms with Gasteiger partial charge in [-0.1, -0.05) is 25.0 Å². The van der Waals surface area contributed by atoms with Gasteiger partial charge in [-0.05, 0) is 45.0 Å². The molecule has 0 atom stereocenters. The van der Waals surface area contributed by atoms with Crippen LogP contribution in [0.3, 0.4) is 0 Å². The van der Waals surface area contributed by atoms with Gasteiger partial charge >= 0.3 is 0 Å². The lowest BCUT2D eigenvalue weighted by Crippen LogP contribution is -2.25. The van der Waals surface area contributed by atoms with Gasteiger partial charge in [-0.2, -0.15) is 0 Å². The quantitative estimate of drug-likeness (QED) is 0.865. The number of benzene rings is 1. The molecule has 20 heavy (non-hydrogen) atoms. The second kappa shape index (κ2) is 5.88. The molecule has 1 fully saturated rings. The van der Waals surface area contributed by atoms with E-state index in [1.54, 1.807) is 0 Å². The van der Waals surface area contributed by atoms with Crippen LogP contribution in [-0.4, -0.2) is 22.6 Å². The number of nitrogens with two attached hydrogens (primary N) is 1. The summed E-state index contributed by atoms with van der Waals surface area (Å²) in [6, 6.07) is 8.54. The van der Waals surface area contributed by atoms with E-state index in [-0.39, 0.29) is 0 Å². The Balaban J connectivity index is 1.92. The van der Waals surface area contributed by atoms with Crippen LogP contribution in [-0.2, 0) is 13.1 Å². The highest BCUT2D eigenvalue weighted by molar-refractivity contribution is 5.91. The minimum absolute atomic E-state index is 0.895. The van der Waals surface area contributed by atoms with E-state index in [1.807, 2.05) is 12.1 Å². The highest BCUT2D eigenvalue weighted by atomic mass is 15.1. The number of anilines is 1. The van der Waals surface area contributed by atoms with Crippen LogP contribution in [0, 0.1) is 0 Å². The summed E-state index contributed by atoms with van der Waals surface area (Å²) in [5.41, 5.74) is 9.68. The van der Waals surface area contributed by atoms with Crippen molar-refractivity contribution in [1.29, 1.82) is 0 Å². The molecule has 0 radical (unpaired) electrons. The van der Waals surface area contributed by atoms with Gasteiger partial charge in [0.15, 0.2) is 0 Å². The predicted octanol–water partition coefficient (Wildman–Crippen LogP) is 3.62. The lowest BCUT2D eigenvalue weighted by atomic mass is 10.2. The summed E-state index contributed by atoms with van der Waals surface area (Å²) in [5, 5.41) is 1.27. The van der Waals surface area contributed by atoms with Crippen LogP contribution >= 0.6 is 0 Å². The Kier molecular flexibility index (Phi) is 3.97. The molecule has 3 nitrogen and oxygen atoms in total. The molecule has 2 N–H and O–H groups in total. The van der Waals surface area contributed by atoms with Crippen LogP contribution in [0.5, 0.6) is 0 Å². The molecular weight excluding hydrogens is 246 g/mol. The molecule has 0 aliphatic carbocycles. The van der Waals surface area contributed by atoms with E-state index in [0.29, 0.717) is 0 Å². The third-order valence-electron chi connectivity index (χ3n) is 4.44. The molecule has 1 aliphatic rings. The van der Waals surface area contributed by atoms with Gasteiger partial charge in [-0.3, -0.25) is 4.90 Å². The van der Waals surface area contributed by atoms with Crippen molar-refractivity contribution in [1.82, 2.24) is 9.47 Å². The first kappa shape index (κ1) is 13.5. The van der Waals surface area contributed by atoms with Gasteiger partial charge in [0.25, 0.3) is 0 Å². The largest absolute Gasteiger partial charge is 0.397 e. The molecule has 0 spiro atoms. The normalized spacial score (nSPS) is 17.4. The van der Waals surface area contributed by atoms with Gasteiger partial charge in [0.2, 0.25) is 0 Å². The van der Waals surface area contributed by atoms with Crippen molar-refractivity contribution < 1.29 is 0 Å². The number of fused-ring (bicyclic) bond motifs is 1. The second-order valence-electron chi connectivity index (χ2n) is 5.86. The average molecular weight is 271 g/mol. The summed E-state index contributed by atoms with van der Waals surface area (Å²) in [5.74, 6) is 0. The Hall–Kier alpha value is -1.48. The van der Waals surface area contributed by atoms with Gasteiger partial charge < -0.3 is 10.3 Å². The number of aryl methyl sites for hydroxylation is 1. The second-order valence-corrected chi connectivity index (χ2v) is 5.86. The fourth-order valence-corrected chi connectivity index (χ4v) is 3.42. The van der Waals surface area contributed by atoms with Crippen molar-refractivity contribution in [3.05, 3.63) is 30.0 Å². The minimum Gasteiger partial charge on any atom is -0.397 e. The van der Waals surface area contributed by atoms with Crippen LogP contribution in [0.1, 0.15) is 38.3 Å². The summed E-state index contributed by atoms with van der Waals surface area (Å²) in [7, 11) is 0. The van der Waals surface area contributed by atoms with Crippen LogP contribution in [0.2, 0.25) is 0 Å². The van der Waals surface area contributed by atoms with E-state index in [9.17, 15) is 0 Å². The summed E-state index contributed by atoms with van der Waals surface area (Å²) >= 11 is 0. The Labute approximate surface area is 121 Å². The Morgan fingerprint density at radius 1 is 1.10 bits per heavy atom. The van der Waals surface area contributed by atoms with Crippen LogP contribution in [0.15, 0.2) is 24.3 Å². The summed E-state index contributed by atoms with van der Waals surface area (Å²) in [6.45, 7) is 6.72. The number of para-hydroxylation sites is 1. The van der Waals surface area contributed by atoms with E-state index in [2.05, 4.69) is 28.5 Å². The molecule has 1 aliphatic heterocycles. The first-order valence-electron chi connectivity index (χ1n) is 7.88. The summed E-state index contributed by atoms with van der Waals surface area (Å²) in [4.78, 5) is 2.60. The SMILES string of the molecule is CCn1c(CN2CCCCCC2)cc2cccc(N)c21. The average Bonchev–Trinajstić information content (AvgIpc) is 2.61. The van der Waals surface area contributed by atoms with Gasteiger partial charge in [0.1, 0.15) is 0 Å². The van der Waals surface area contributed by atoms with Crippen LogP contribution in [0.4, 0.5) is 5.69 Å². The molecule has 0 bridgehead atoms. The van der Waals surface area contributed by atoms with Crippen molar-refractivity contribution in [2.75, 3.05) is 18.8 Å². The highest BCUT2D eigenvalue weighted by Crippen LogP contribution is 2.26. The van der Waals surface area contributed by atoms with Crippen LogP contribution < -0.4 is 5.73 Å². The van der Waals surface area contributed by atoms with Crippen LogP contribution in [0.25, 0.3) is 10.9 Å². The molecular formula is C17H25N3. The van der Waals surface area contributed by atoms with E-state index < -0.39 is 0 Å². The van der Waals surface area contributed by atoms with Gasteiger partial charge in [0, 0.05) is 24.2 Å². The number of hydrogen-bond acceptors (Lipinski definition) is 2. The van der Waals surface area contributed by atoms with Crippen molar-refractivity contribution in [2.24, 2.45) is 0 Å². The van der Waals surface area contributed by atoms with Gasteiger partial charge in [-0.25, -0.2) is 0 Å². The Morgan fingerprint density at radius 2 is 1.85 bits per heavy atom. The third kappa shape index (κ3) is 2.55. The molecule has 1 aromatic carbocycles. The molecule has 108 valence electrons. The van der Waals surface area contributed by atoms with E-state index in [0.717, 1.165) is 18.8 Å². The molecule has 0 unspecified atom stereocenters. The highest BCUT2D eigenvalue weighted by Gasteiger charge is 2.14. The van der Waals surface area contributed by atoms with Crippen molar-refractivity contribution >= 4 is 16.6 Å². The number of hydrogen-bond donors (Lipinski definition) is 1. The van der Waals surface area contributed by atoms with E-state index in [1.165, 1.54) is 55.4 Å². The lowest BCUT2D eigenvalue weighted by molar-refractivity contribution is 0.270. The summed E-state index contributed by atoms with van der Waals surface area (Å²) in [6.07, 6.45) is 5.46. The molecule has 0 saturated carbocycles. The zero-order valence-electron chi connectivity index (χ0n) is 12.4. The first-order chi connectivity index (χ1) is 9.79. The summed E-state index contributed by atoms with van der Waals surface area (Å²) < 4.78 is 2.38.